The molecule has 0 aromatic heterocycles. The Kier molecular flexibility index (Phi) is 6.39. The predicted molar refractivity (Wildman–Crippen MR) is 84.9 cm³/mol. The number of aryl methyl sites for hydroxylation is 1. The zero-order chi connectivity index (χ0) is 16.1. The van der Waals surface area contributed by atoms with Crippen LogP contribution in [0.4, 0.5) is 8.78 Å². The maximum Gasteiger partial charge on any atom is 0.491 e. The van der Waals surface area contributed by atoms with Gasteiger partial charge in [-0.25, -0.2) is 8.78 Å². The number of rotatable bonds is 6. The van der Waals surface area contributed by atoms with Crippen molar-refractivity contribution in [1.29, 1.82) is 0 Å². The standard InChI is InChI=1S/C17H25BF2O2/c1-2-3-12-4-6-13(7-5-12)8-9-14-10-11-15(18(21)22)17(20)16(14)19/h10-13,21-22H,2-9H2,1H3. The molecule has 5 heteroatoms. The van der Waals surface area contributed by atoms with Crippen molar-refractivity contribution in [3.05, 3.63) is 29.3 Å². The van der Waals surface area contributed by atoms with E-state index in [-0.39, 0.29) is 0 Å². The first-order chi connectivity index (χ1) is 10.5. The Hall–Kier alpha value is -0.935. The first kappa shape index (κ1) is 17.4. The SMILES string of the molecule is CCCC1CCC(CCc2ccc(B(O)O)c(F)c2F)CC1. The Morgan fingerprint density at radius 2 is 1.59 bits per heavy atom. The minimum atomic E-state index is -1.97. The second-order valence-corrected chi connectivity index (χ2v) is 6.53. The van der Waals surface area contributed by atoms with Crippen LogP contribution in [0.25, 0.3) is 0 Å². The lowest BCUT2D eigenvalue weighted by Crippen LogP contribution is -2.33. The van der Waals surface area contributed by atoms with Crippen LogP contribution in [0.15, 0.2) is 12.1 Å². The molecule has 0 atom stereocenters. The van der Waals surface area contributed by atoms with E-state index in [0.29, 0.717) is 17.9 Å². The van der Waals surface area contributed by atoms with Crippen LogP contribution in [0.2, 0.25) is 0 Å². The molecule has 0 radical (unpaired) electrons. The summed E-state index contributed by atoms with van der Waals surface area (Å²) in [5.74, 6) is -0.635. The van der Waals surface area contributed by atoms with Gasteiger partial charge in [-0.15, -0.1) is 0 Å². The minimum Gasteiger partial charge on any atom is -0.423 e. The highest BCUT2D eigenvalue weighted by atomic mass is 19.2. The molecule has 0 bridgehead atoms. The molecule has 122 valence electrons. The van der Waals surface area contributed by atoms with Crippen LogP contribution >= 0.6 is 0 Å². The molecule has 1 fully saturated rings. The normalized spacial score (nSPS) is 21.9. The molecule has 0 aliphatic heterocycles. The summed E-state index contributed by atoms with van der Waals surface area (Å²) < 4.78 is 27.7. The van der Waals surface area contributed by atoms with E-state index < -0.39 is 24.2 Å². The second-order valence-electron chi connectivity index (χ2n) is 6.53. The fourth-order valence-corrected chi connectivity index (χ4v) is 3.57. The largest absolute Gasteiger partial charge is 0.491 e. The summed E-state index contributed by atoms with van der Waals surface area (Å²) in [6.45, 7) is 2.22. The molecule has 0 spiro atoms. The van der Waals surface area contributed by atoms with Crippen LogP contribution in [0, 0.1) is 23.5 Å². The minimum absolute atomic E-state index is 0.331. The average Bonchev–Trinajstić information content (AvgIpc) is 2.50. The topological polar surface area (TPSA) is 40.5 Å². The molecule has 0 saturated heterocycles. The molecular formula is C17H25BF2O2. The van der Waals surface area contributed by atoms with Crippen molar-refractivity contribution in [2.75, 3.05) is 0 Å². The highest BCUT2D eigenvalue weighted by Crippen LogP contribution is 2.34. The third-order valence-corrected chi connectivity index (χ3v) is 4.96. The first-order valence-electron chi connectivity index (χ1n) is 8.35. The van der Waals surface area contributed by atoms with Gasteiger partial charge in [0.2, 0.25) is 0 Å². The van der Waals surface area contributed by atoms with Gasteiger partial charge in [-0.1, -0.05) is 57.6 Å². The molecular weight excluding hydrogens is 285 g/mol. The Bertz CT molecular complexity index is 486. The van der Waals surface area contributed by atoms with E-state index >= 15 is 0 Å². The summed E-state index contributed by atoms with van der Waals surface area (Å²) in [5.41, 5.74) is -0.0705. The Morgan fingerprint density at radius 3 is 2.14 bits per heavy atom. The lowest BCUT2D eigenvalue weighted by atomic mass is 9.77. The maximum absolute atomic E-state index is 13.9. The van der Waals surface area contributed by atoms with Crippen LogP contribution < -0.4 is 5.46 Å². The maximum atomic E-state index is 13.9. The van der Waals surface area contributed by atoms with E-state index in [1.54, 1.807) is 0 Å². The van der Waals surface area contributed by atoms with Crippen LogP contribution in [-0.4, -0.2) is 17.2 Å². The Balaban J connectivity index is 1.89. The fraction of sp³-hybridized carbons (Fsp3) is 0.647. The molecule has 1 aliphatic carbocycles. The summed E-state index contributed by atoms with van der Waals surface area (Å²) in [6.07, 6.45) is 8.80. The molecule has 1 saturated carbocycles. The molecule has 0 unspecified atom stereocenters. The lowest BCUT2D eigenvalue weighted by Gasteiger charge is -2.28. The Morgan fingerprint density at radius 1 is 1.00 bits per heavy atom. The second kappa shape index (κ2) is 8.07. The van der Waals surface area contributed by atoms with Crippen LogP contribution in [0.5, 0.6) is 0 Å². The van der Waals surface area contributed by atoms with Crippen LogP contribution in [0.3, 0.4) is 0 Å². The summed E-state index contributed by atoms with van der Waals surface area (Å²) in [6, 6.07) is 2.73. The lowest BCUT2D eigenvalue weighted by molar-refractivity contribution is 0.251. The van der Waals surface area contributed by atoms with Crippen molar-refractivity contribution in [2.24, 2.45) is 11.8 Å². The fourth-order valence-electron chi connectivity index (χ4n) is 3.57. The van der Waals surface area contributed by atoms with E-state index in [4.69, 9.17) is 10.0 Å². The van der Waals surface area contributed by atoms with E-state index in [0.717, 1.165) is 12.3 Å². The molecule has 2 nitrogen and oxygen atoms in total. The van der Waals surface area contributed by atoms with Gasteiger partial charge in [0.25, 0.3) is 0 Å². The van der Waals surface area contributed by atoms with Gasteiger partial charge >= 0.3 is 7.12 Å². The van der Waals surface area contributed by atoms with Crippen molar-refractivity contribution in [3.63, 3.8) is 0 Å². The predicted octanol–water partition coefficient (Wildman–Crippen LogP) is 3.18. The number of hydrogen-bond donors (Lipinski definition) is 2. The molecule has 0 heterocycles. The third kappa shape index (κ3) is 4.29. The van der Waals surface area contributed by atoms with Crippen molar-refractivity contribution >= 4 is 12.6 Å². The van der Waals surface area contributed by atoms with E-state index in [1.165, 1.54) is 50.7 Å². The van der Waals surface area contributed by atoms with Crippen molar-refractivity contribution in [3.8, 4) is 0 Å². The van der Waals surface area contributed by atoms with Gasteiger partial charge in [0, 0.05) is 5.46 Å². The molecule has 1 aromatic rings. The van der Waals surface area contributed by atoms with Crippen molar-refractivity contribution < 1.29 is 18.8 Å². The third-order valence-electron chi connectivity index (χ3n) is 4.96. The van der Waals surface area contributed by atoms with E-state index in [1.807, 2.05) is 0 Å². The first-order valence-corrected chi connectivity index (χ1v) is 8.35. The summed E-state index contributed by atoms with van der Waals surface area (Å²) >= 11 is 0. The number of benzene rings is 1. The summed E-state index contributed by atoms with van der Waals surface area (Å²) in [5, 5.41) is 17.9. The smallest absolute Gasteiger partial charge is 0.423 e. The monoisotopic (exact) mass is 310 g/mol. The molecule has 1 aliphatic rings. The van der Waals surface area contributed by atoms with Crippen molar-refractivity contribution in [2.45, 2.75) is 58.3 Å². The zero-order valence-electron chi connectivity index (χ0n) is 13.2. The van der Waals surface area contributed by atoms with Gasteiger partial charge in [0.15, 0.2) is 11.6 Å². The number of hydrogen-bond acceptors (Lipinski definition) is 2. The average molecular weight is 310 g/mol. The summed E-state index contributed by atoms with van der Waals surface area (Å²) in [4.78, 5) is 0. The van der Waals surface area contributed by atoms with Gasteiger partial charge < -0.3 is 10.0 Å². The quantitative estimate of drug-likeness (QED) is 0.792. The number of halogens is 2. The molecule has 2 rings (SSSR count). The zero-order valence-corrected chi connectivity index (χ0v) is 13.2. The molecule has 2 N–H and O–H groups in total. The highest BCUT2D eigenvalue weighted by molar-refractivity contribution is 6.58. The highest BCUT2D eigenvalue weighted by Gasteiger charge is 2.23. The van der Waals surface area contributed by atoms with Crippen molar-refractivity contribution in [1.82, 2.24) is 0 Å². The Labute approximate surface area is 131 Å². The van der Waals surface area contributed by atoms with Gasteiger partial charge in [0.05, 0.1) is 0 Å². The van der Waals surface area contributed by atoms with Crippen LogP contribution in [-0.2, 0) is 6.42 Å². The van der Waals surface area contributed by atoms with E-state index in [2.05, 4.69) is 6.92 Å². The molecule has 1 aromatic carbocycles. The van der Waals surface area contributed by atoms with Gasteiger partial charge in [-0.2, -0.15) is 0 Å². The molecule has 0 amide bonds. The van der Waals surface area contributed by atoms with Crippen LogP contribution in [0.1, 0.15) is 57.4 Å². The van der Waals surface area contributed by atoms with Gasteiger partial charge in [0.1, 0.15) is 0 Å². The van der Waals surface area contributed by atoms with E-state index in [9.17, 15) is 8.78 Å². The summed E-state index contributed by atoms with van der Waals surface area (Å²) in [7, 11) is -1.97. The van der Waals surface area contributed by atoms with Gasteiger partial charge in [-0.3, -0.25) is 0 Å². The molecule has 22 heavy (non-hydrogen) atoms. The van der Waals surface area contributed by atoms with Gasteiger partial charge in [-0.05, 0) is 30.2 Å².